The number of fused-ring (bicyclic) bond motifs is 1. The molecule has 1 heterocycles. The van der Waals surface area contributed by atoms with Crippen LogP contribution >= 0.6 is 0 Å². The van der Waals surface area contributed by atoms with Crippen molar-refractivity contribution in [2.75, 3.05) is 6.54 Å². The van der Waals surface area contributed by atoms with Gasteiger partial charge in [-0.3, -0.25) is 9.59 Å². The molecule has 1 unspecified atom stereocenters. The number of rotatable bonds is 7. The van der Waals surface area contributed by atoms with Crippen LogP contribution in [0.5, 0.6) is 5.75 Å². The molecule has 0 fully saturated rings. The molecule has 0 aliphatic rings. The highest BCUT2D eigenvalue weighted by molar-refractivity contribution is 5.89. The van der Waals surface area contributed by atoms with E-state index in [-0.39, 0.29) is 0 Å². The minimum Gasteiger partial charge on any atom is -0.480 e. The second-order valence-electron chi connectivity index (χ2n) is 5.85. The first-order valence-electron chi connectivity index (χ1n) is 8.05. The van der Waals surface area contributed by atoms with Gasteiger partial charge in [0.2, 0.25) is 0 Å². The molecular weight excluding hydrogens is 326 g/mol. The molecule has 1 amide bonds. The van der Waals surface area contributed by atoms with Crippen molar-refractivity contribution in [2.45, 2.75) is 39.7 Å². The van der Waals surface area contributed by atoms with E-state index in [4.69, 9.17) is 14.3 Å². The first kappa shape index (κ1) is 18.5. The second-order valence-corrected chi connectivity index (χ2v) is 5.85. The Balaban J connectivity index is 2.41. The summed E-state index contributed by atoms with van der Waals surface area (Å²) in [6, 6.07) is 4.95. The smallest absolute Gasteiger partial charge is 0.336 e. The maximum absolute atomic E-state index is 12.0. The minimum absolute atomic E-state index is 0.407. The number of carboxylic acid groups (broad SMARTS) is 1. The molecule has 0 spiro atoms. The normalized spacial score (nSPS) is 12.0. The Bertz CT molecular complexity index is 855. The van der Waals surface area contributed by atoms with Crippen LogP contribution in [-0.4, -0.2) is 29.6 Å². The van der Waals surface area contributed by atoms with E-state index in [1.54, 1.807) is 12.1 Å². The molecular formula is C18H21NO6. The first-order valence-corrected chi connectivity index (χ1v) is 8.05. The van der Waals surface area contributed by atoms with Crippen LogP contribution in [0, 0.1) is 6.92 Å². The number of benzene rings is 1. The number of aliphatic carboxylic acids is 1. The fourth-order valence-electron chi connectivity index (χ4n) is 2.58. The fourth-order valence-corrected chi connectivity index (χ4v) is 2.58. The van der Waals surface area contributed by atoms with E-state index < -0.39 is 30.2 Å². The van der Waals surface area contributed by atoms with Gasteiger partial charge in [-0.2, -0.15) is 0 Å². The van der Waals surface area contributed by atoms with E-state index in [9.17, 15) is 14.4 Å². The lowest BCUT2D eigenvalue weighted by Gasteiger charge is -2.17. The van der Waals surface area contributed by atoms with Crippen LogP contribution in [0.15, 0.2) is 27.4 Å². The predicted octanol–water partition coefficient (Wildman–Crippen LogP) is 2.02. The van der Waals surface area contributed by atoms with Crippen LogP contribution < -0.4 is 15.7 Å². The molecule has 2 N–H and O–H groups in total. The van der Waals surface area contributed by atoms with Gasteiger partial charge in [-0.1, -0.05) is 13.3 Å². The largest absolute Gasteiger partial charge is 0.480 e. The lowest BCUT2D eigenvalue weighted by Crippen LogP contribution is -2.39. The first-order chi connectivity index (χ1) is 11.8. The highest BCUT2D eigenvalue weighted by Gasteiger charge is 2.19. The summed E-state index contributed by atoms with van der Waals surface area (Å²) >= 11 is 0. The zero-order valence-electron chi connectivity index (χ0n) is 14.4. The minimum atomic E-state index is -1.13. The van der Waals surface area contributed by atoms with Crippen molar-refractivity contribution >= 4 is 22.8 Å². The SMILES string of the molecule is CCCc1cc(=O)oc2cc(C)cc(OC(C)C(=O)NCC(=O)O)c12. The fraction of sp³-hybridized carbons (Fsp3) is 0.389. The van der Waals surface area contributed by atoms with Gasteiger partial charge >= 0.3 is 11.6 Å². The van der Waals surface area contributed by atoms with E-state index in [2.05, 4.69) is 5.32 Å². The van der Waals surface area contributed by atoms with Gasteiger partial charge in [0.25, 0.3) is 5.91 Å². The van der Waals surface area contributed by atoms with Crippen molar-refractivity contribution < 1.29 is 23.8 Å². The molecule has 1 aromatic heterocycles. The van der Waals surface area contributed by atoms with Crippen molar-refractivity contribution in [3.05, 3.63) is 39.7 Å². The van der Waals surface area contributed by atoms with Gasteiger partial charge in [-0.15, -0.1) is 0 Å². The molecule has 0 saturated carbocycles. The molecule has 0 saturated heterocycles. The van der Waals surface area contributed by atoms with E-state index in [0.717, 1.165) is 17.5 Å². The van der Waals surface area contributed by atoms with Crippen LogP contribution in [0.3, 0.4) is 0 Å². The van der Waals surface area contributed by atoms with E-state index in [1.807, 2.05) is 13.8 Å². The molecule has 2 rings (SSSR count). The Hall–Kier alpha value is -2.83. The molecule has 2 aromatic rings. The summed E-state index contributed by atoms with van der Waals surface area (Å²) in [5, 5.41) is 11.6. The summed E-state index contributed by atoms with van der Waals surface area (Å²) in [6.07, 6.45) is 0.604. The Kier molecular flexibility index (Phi) is 5.80. The van der Waals surface area contributed by atoms with Crippen LogP contribution in [-0.2, 0) is 16.0 Å². The summed E-state index contributed by atoms with van der Waals surface area (Å²) in [5.41, 5.74) is 1.59. The van der Waals surface area contributed by atoms with Gasteiger partial charge in [0.15, 0.2) is 6.10 Å². The predicted molar refractivity (Wildman–Crippen MR) is 92.0 cm³/mol. The Morgan fingerprint density at radius 2 is 2.04 bits per heavy atom. The third-order valence-corrected chi connectivity index (χ3v) is 3.64. The number of carbonyl (C=O) groups excluding carboxylic acids is 1. The summed E-state index contributed by atoms with van der Waals surface area (Å²) in [4.78, 5) is 34.3. The lowest BCUT2D eigenvalue weighted by atomic mass is 10.0. The summed E-state index contributed by atoms with van der Waals surface area (Å²) in [7, 11) is 0. The number of hydrogen-bond donors (Lipinski definition) is 2. The highest BCUT2D eigenvalue weighted by atomic mass is 16.5. The Labute approximate surface area is 144 Å². The Morgan fingerprint density at radius 1 is 1.32 bits per heavy atom. The average molecular weight is 347 g/mol. The number of aryl methyl sites for hydroxylation is 2. The molecule has 1 atom stereocenters. The molecule has 0 bridgehead atoms. The summed E-state index contributed by atoms with van der Waals surface area (Å²) < 4.78 is 11.0. The van der Waals surface area contributed by atoms with Crippen LogP contribution in [0.25, 0.3) is 11.0 Å². The molecule has 134 valence electrons. The monoisotopic (exact) mass is 347 g/mol. The van der Waals surface area contributed by atoms with E-state index >= 15 is 0 Å². The molecule has 0 aliphatic heterocycles. The number of carbonyl (C=O) groups is 2. The highest BCUT2D eigenvalue weighted by Crippen LogP contribution is 2.31. The summed E-state index contributed by atoms with van der Waals surface area (Å²) in [5.74, 6) is -1.24. The quantitative estimate of drug-likeness (QED) is 0.742. The number of hydrogen-bond acceptors (Lipinski definition) is 5. The van der Waals surface area contributed by atoms with Gasteiger partial charge in [-0.05, 0) is 43.5 Å². The lowest BCUT2D eigenvalue weighted by molar-refractivity contribution is -0.139. The van der Waals surface area contributed by atoms with Crippen LogP contribution in [0.1, 0.15) is 31.4 Å². The molecule has 25 heavy (non-hydrogen) atoms. The van der Waals surface area contributed by atoms with Crippen molar-refractivity contribution in [1.82, 2.24) is 5.32 Å². The molecule has 7 nitrogen and oxygen atoms in total. The van der Waals surface area contributed by atoms with E-state index in [1.165, 1.54) is 13.0 Å². The average Bonchev–Trinajstić information content (AvgIpc) is 2.51. The van der Waals surface area contributed by atoms with Gasteiger partial charge in [0.05, 0.1) is 5.39 Å². The zero-order valence-corrected chi connectivity index (χ0v) is 14.4. The second kappa shape index (κ2) is 7.83. The van der Waals surface area contributed by atoms with Gasteiger partial charge < -0.3 is 19.6 Å². The molecule has 1 aromatic carbocycles. The maximum atomic E-state index is 12.0. The molecule has 0 aliphatic carbocycles. The third-order valence-electron chi connectivity index (χ3n) is 3.64. The summed E-state index contributed by atoms with van der Waals surface area (Å²) in [6.45, 7) is 4.88. The van der Waals surface area contributed by atoms with Crippen LogP contribution in [0.4, 0.5) is 0 Å². The Morgan fingerprint density at radius 3 is 2.68 bits per heavy atom. The van der Waals surface area contributed by atoms with Crippen molar-refractivity contribution in [1.29, 1.82) is 0 Å². The van der Waals surface area contributed by atoms with Crippen LogP contribution in [0.2, 0.25) is 0 Å². The van der Waals surface area contributed by atoms with E-state index in [0.29, 0.717) is 23.1 Å². The van der Waals surface area contributed by atoms with Crippen molar-refractivity contribution in [3.63, 3.8) is 0 Å². The number of amides is 1. The van der Waals surface area contributed by atoms with Gasteiger partial charge in [-0.25, -0.2) is 4.79 Å². The molecule has 0 radical (unpaired) electrons. The van der Waals surface area contributed by atoms with Gasteiger partial charge in [0, 0.05) is 6.07 Å². The number of nitrogens with one attached hydrogen (secondary N) is 1. The topological polar surface area (TPSA) is 106 Å². The number of carboxylic acids is 1. The van der Waals surface area contributed by atoms with Crippen molar-refractivity contribution in [3.8, 4) is 5.75 Å². The van der Waals surface area contributed by atoms with Crippen molar-refractivity contribution in [2.24, 2.45) is 0 Å². The maximum Gasteiger partial charge on any atom is 0.336 e. The molecule has 7 heteroatoms. The zero-order chi connectivity index (χ0) is 18.6. The number of ether oxygens (including phenoxy) is 1. The standard InChI is InChI=1S/C18H21NO6/c1-4-5-12-8-16(22)25-14-7-10(2)6-13(17(12)14)24-11(3)18(23)19-9-15(20)21/h6-8,11H,4-5,9H2,1-3H3,(H,19,23)(H,20,21). The van der Waals surface area contributed by atoms with Gasteiger partial charge in [0.1, 0.15) is 17.9 Å². The third kappa shape index (κ3) is 4.59.